The van der Waals surface area contributed by atoms with E-state index in [0.29, 0.717) is 0 Å². The molecule has 0 heterocycles. The van der Waals surface area contributed by atoms with Crippen molar-refractivity contribution < 1.29 is 4.12 Å². The van der Waals surface area contributed by atoms with E-state index in [-0.39, 0.29) is 0 Å². The maximum Gasteiger partial charge on any atom is 0.419 e. The Labute approximate surface area is 88.1 Å². The molecule has 0 aromatic carbocycles. The van der Waals surface area contributed by atoms with Gasteiger partial charge >= 0.3 is 15.3 Å². The van der Waals surface area contributed by atoms with Crippen LogP contribution >= 0.6 is 22.2 Å². The molecule has 0 spiro atoms. The number of nitriles is 2. The summed E-state index contributed by atoms with van der Waals surface area (Å²) in [6.07, 6.45) is 0. The minimum Gasteiger partial charge on any atom is -0.406 e. The van der Waals surface area contributed by atoms with Crippen LogP contribution in [0, 0.1) is 21.9 Å². The first-order chi connectivity index (χ1) is 5.95. The first-order valence-electron chi connectivity index (χ1n) is 3.13. The standard InChI is InChI=1S/C6H6Cl2N2OSi2/c1-3-12(7,5-9)11-13(8,4-2)6-10/h3-4H,1-2H2. The summed E-state index contributed by atoms with van der Waals surface area (Å²) in [7, 11) is -6.39. The molecular formula is C6H6Cl2N2OSi2. The van der Waals surface area contributed by atoms with Crippen LogP contribution in [-0.4, -0.2) is 15.3 Å². The summed E-state index contributed by atoms with van der Waals surface area (Å²) in [5.41, 5.74) is 5.95. The van der Waals surface area contributed by atoms with Crippen molar-refractivity contribution in [3.8, 4) is 11.4 Å². The van der Waals surface area contributed by atoms with E-state index in [1.54, 1.807) is 11.4 Å². The van der Waals surface area contributed by atoms with Gasteiger partial charge in [-0.25, -0.2) is 10.5 Å². The van der Waals surface area contributed by atoms with Gasteiger partial charge in [0.1, 0.15) is 0 Å². The Morgan fingerprint density at radius 1 is 1.08 bits per heavy atom. The molecule has 2 unspecified atom stereocenters. The molecule has 0 aliphatic carbocycles. The molecule has 13 heavy (non-hydrogen) atoms. The highest BCUT2D eigenvalue weighted by atomic mass is 35.6. The monoisotopic (exact) mass is 248 g/mol. The summed E-state index contributed by atoms with van der Waals surface area (Å²) in [4.78, 5) is 0. The van der Waals surface area contributed by atoms with Crippen molar-refractivity contribution in [1.29, 1.82) is 10.5 Å². The molecule has 0 bridgehead atoms. The van der Waals surface area contributed by atoms with E-state index in [1.807, 2.05) is 0 Å². The number of nitrogens with zero attached hydrogens (tertiary/aromatic N) is 2. The lowest BCUT2D eigenvalue weighted by molar-refractivity contribution is 0.615. The van der Waals surface area contributed by atoms with Gasteiger partial charge in [-0.1, -0.05) is 0 Å². The van der Waals surface area contributed by atoms with Crippen LogP contribution in [0.5, 0.6) is 0 Å². The SMILES string of the molecule is C=C[Si](Cl)(C#N)O[Si](Cl)(C#N)C=C. The summed E-state index contributed by atoms with van der Waals surface area (Å²) in [6, 6.07) is 0. The zero-order chi connectivity index (χ0) is 10.5. The van der Waals surface area contributed by atoms with E-state index in [2.05, 4.69) is 13.2 Å². The second-order valence-corrected chi connectivity index (χ2v) is 10.1. The van der Waals surface area contributed by atoms with Crippen LogP contribution in [-0.2, 0) is 4.12 Å². The molecule has 0 saturated heterocycles. The van der Waals surface area contributed by atoms with E-state index in [9.17, 15) is 0 Å². The van der Waals surface area contributed by atoms with E-state index in [4.69, 9.17) is 36.8 Å². The fourth-order valence-electron chi connectivity index (χ4n) is 0.436. The molecule has 0 radical (unpaired) electrons. The maximum atomic E-state index is 8.64. The van der Waals surface area contributed by atoms with E-state index in [0.717, 1.165) is 0 Å². The van der Waals surface area contributed by atoms with E-state index in [1.165, 1.54) is 11.4 Å². The lowest BCUT2D eigenvalue weighted by Gasteiger charge is -2.19. The predicted octanol–water partition coefficient (Wildman–Crippen LogP) is 1.94. The average Bonchev–Trinajstić information content (AvgIpc) is 2.17. The van der Waals surface area contributed by atoms with E-state index >= 15 is 0 Å². The lowest BCUT2D eigenvalue weighted by Crippen LogP contribution is -2.41. The molecule has 68 valence electrons. The Morgan fingerprint density at radius 2 is 1.38 bits per heavy atom. The zero-order valence-corrected chi connectivity index (χ0v) is 10.1. The van der Waals surface area contributed by atoms with Crippen molar-refractivity contribution in [2.45, 2.75) is 0 Å². The van der Waals surface area contributed by atoms with Crippen LogP contribution < -0.4 is 0 Å². The van der Waals surface area contributed by atoms with Crippen LogP contribution in [0.3, 0.4) is 0 Å². The Bertz CT molecular complexity index is 281. The maximum absolute atomic E-state index is 8.64. The topological polar surface area (TPSA) is 56.8 Å². The molecule has 0 rings (SSSR count). The molecule has 0 amide bonds. The minimum absolute atomic E-state index is 1.21. The van der Waals surface area contributed by atoms with Gasteiger partial charge < -0.3 is 4.12 Å². The molecule has 0 saturated carbocycles. The average molecular weight is 249 g/mol. The van der Waals surface area contributed by atoms with Crippen LogP contribution in [0.1, 0.15) is 0 Å². The smallest absolute Gasteiger partial charge is 0.406 e. The van der Waals surface area contributed by atoms with Gasteiger partial charge in [-0.15, -0.1) is 35.3 Å². The highest BCUT2D eigenvalue weighted by Crippen LogP contribution is 2.21. The second-order valence-electron chi connectivity index (χ2n) is 2.02. The van der Waals surface area contributed by atoms with Crippen LogP contribution in [0.4, 0.5) is 0 Å². The number of hydrogen-bond acceptors (Lipinski definition) is 3. The summed E-state index contributed by atoms with van der Waals surface area (Å²) in [5.74, 6) is 0. The number of rotatable bonds is 4. The first-order valence-corrected chi connectivity index (χ1v) is 9.12. The van der Waals surface area contributed by atoms with Gasteiger partial charge in [-0.2, -0.15) is 0 Å². The van der Waals surface area contributed by atoms with Gasteiger partial charge in [-0.3, -0.25) is 0 Å². The Hall–Kier alpha value is -0.566. The third-order valence-corrected chi connectivity index (χ3v) is 7.99. The largest absolute Gasteiger partial charge is 0.419 e. The Balaban J connectivity index is 4.81. The van der Waals surface area contributed by atoms with Crippen LogP contribution in [0.2, 0.25) is 0 Å². The molecule has 0 aliphatic rings. The third kappa shape index (κ3) is 3.35. The highest BCUT2D eigenvalue weighted by molar-refractivity contribution is 7.33. The van der Waals surface area contributed by atoms with Gasteiger partial charge in [0, 0.05) is 0 Å². The van der Waals surface area contributed by atoms with Gasteiger partial charge in [0.2, 0.25) is 0 Å². The molecular weight excluding hydrogens is 243 g/mol. The number of halogens is 2. The molecule has 0 aromatic rings. The van der Waals surface area contributed by atoms with Gasteiger partial charge in [0.05, 0.1) is 11.4 Å². The lowest BCUT2D eigenvalue weighted by atomic mass is 11.3. The van der Waals surface area contributed by atoms with Gasteiger partial charge in [0.15, 0.2) is 0 Å². The Morgan fingerprint density at radius 3 is 1.54 bits per heavy atom. The predicted molar refractivity (Wildman–Crippen MR) is 55.9 cm³/mol. The highest BCUT2D eigenvalue weighted by Gasteiger charge is 2.42. The van der Waals surface area contributed by atoms with Crippen molar-refractivity contribution in [3.63, 3.8) is 0 Å². The normalized spacial score (nSPS) is 18.5. The summed E-state index contributed by atoms with van der Waals surface area (Å²) in [5, 5.41) is 17.3. The summed E-state index contributed by atoms with van der Waals surface area (Å²) >= 11 is 11.5. The van der Waals surface area contributed by atoms with E-state index < -0.39 is 15.3 Å². The van der Waals surface area contributed by atoms with Crippen molar-refractivity contribution >= 4 is 37.4 Å². The van der Waals surface area contributed by atoms with Crippen LogP contribution in [0.25, 0.3) is 0 Å². The molecule has 0 aromatic heterocycles. The fraction of sp³-hybridized carbons (Fsp3) is 0. The van der Waals surface area contributed by atoms with Crippen molar-refractivity contribution in [2.75, 3.05) is 0 Å². The van der Waals surface area contributed by atoms with Gasteiger partial charge in [-0.05, 0) is 11.4 Å². The van der Waals surface area contributed by atoms with Crippen LogP contribution in [0.15, 0.2) is 24.6 Å². The molecule has 0 N–H and O–H groups in total. The van der Waals surface area contributed by atoms with Gasteiger partial charge in [0.25, 0.3) is 0 Å². The number of hydrogen-bond donors (Lipinski definition) is 0. The molecule has 0 fully saturated rings. The minimum atomic E-state index is -3.20. The quantitative estimate of drug-likeness (QED) is 0.565. The zero-order valence-electron chi connectivity index (χ0n) is 6.63. The fourth-order valence-corrected chi connectivity index (χ4v) is 5.93. The molecule has 2 atom stereocenters. The Kier molecular flexibility index (Phi) is 4.41. The first kappa shape index (κ1) is 12.4. The van der Waals surface area contributed by atoms with Crippen molar-refractivity contribution in [3.05, 3.63) is 24.6 Å². The third-order valence-electron chi connectivity index (χ3n) is 1.13. The van der Waals surface area contributed by atoms with Crippen molar-refractivity contribution in [2.24, 2.45) is 0 Å². The summed E-state index contributed by atoms with van der Waals surface area (Å²) < 4.78 is 5.07. The summed E-state index contributed by atoms with van der Waals surface area (Å²) in [6.45, 7) is 6.72. The molecule has 7 heteroatoms. The molecule has 0 aliphatic heterocycles. The second kappa shape index (κ2) is 4.61. The van der Waals surface area contributed by atoms with Crippen molar-refractivity contribution in [1.82, 2.24) is 0 Å². The molecule has 3 nitrogen and oxygen atoms in total.